The molecule has 0 saturated carbocycles. The van der Waals surface area contributed by atoms with Gasteiger partial charge in [-0.3, -0.25) is 4.90 Å². The lowest BCUT2D eigenvalue weighted by atomic mass is 9.96. The minimum atomic E-state index is 0.664. The van der Waals surface area contributed by atoms with Crippen molar-refractivity contribution in [2.45, 2.75) is 51.7 Å². The Labute approximate surface area is 116 Å². The summed E-state index contributed by atoms with van der Waals surface area (Å²) in [4.78, 5) is 2.59. The van der Waals surface area contributed by atoms with E-state index < -0.39 is 0 Å². The van der Waals surface area contributed by atoms with Crippen LogP contribution in [-0.2, 0) is 6.54 Å². The summed E-state index contributed by atoms with van der Waals surface area (Å²) >= 11 is 0. The molecule has 2 atom stereocenters. The maximum atomic E-state index is 5.38. The Morgan fingerprint density at radius 1 is 1.05 bits per heavy atom. The highest BCUT2D eigenvalue weighted by Gasteiger charge is 2.24. The van der Waals surface area contributed by atoms with E-state index in [1.807, 2.05) is 6.07 Å². The van der Waals surface area contributed by atoms with Crippen molar-refractivity contribution in [1.82, 2.24) is 4.90 Å². The van der Waals surface area contributed by atoms with E-state index in [1.54, 1.807) is 14.2 Å². The van der Waals surface area contributed by atoms with Gasteiger partial charge in [-0.25, -0.2) is 0 Å². The van der Waals surface area contributed by atoms with Crippen LogP contribution in [-0.4, -0.2) is 31.2 Å². The molecule has 0 radical (unpaired) electrons. The van der Waals surface area contributed by atoms with Gasteiger partial charge in [0.25, 0.3) is 0 Å². The van der Waals surface area contributed by atoms with Gasteiger partial charge in [-0.1, -0.05) is 12.5 Å². The van der Waals surface area contributed by atoms with Crippen molar-refractivity contribution in [3.8, 4) is 11.5 Å². The second-order valence-electron chi connectivity index (χ2n) is 5.49. The van der Waals surface area contributed by atoms with Crippen LogP contribution in [0.4, 0.5) is 0 Å². The van der Waals surface area contributed by atoms with Crippen molar-refractivity contribution in [3.05, 3.63) is 23.8 Å². The first-order chi connectivity index (χ1) is 9.15. The van der Waals surface area contributed by atoms with Crippen LogP contribution < -0.4 is 9.47 Å². The Morgan fingerprint density at radius 2 is 1.68 bits per heavy atom. The number of piperidine rings is 1. The Morgan fingerprint density at radius 3 is 2.26 bits per heavy atom. The largest absolute Gasteiger partial charge is 0.493 e. The van der Waals surface area contributed by atoms with Crippen molar-refractivity contribution < 1.29 is 9.47 Å². The summed E-state index contributed by atoms with van der Waals surface area (Å²) in [7, 11) is 3.36. The van der Waals surface area contributed by atoms with Crippen LogP contribution in [0, 0.1) is 0 Å². The molecule has 19 heavy (non-hydrogen) atoms. The first kappa shape index (κ1) is 14.2. The maximum Gasteiger partial charge on any atom is 0.161 e. The van der Waals surface area contributed by atoms with Crippen LogP contribution in [0.1, 0.15) is 38.7 Å². The molecule has 0 spiro atoms. The summed E-state index contributed by atoms with van der Waals surface area (Å²) in [6, 6.07) is 7.55. The van der Waals surface area contributed by atoms with Crippen LogP contribution in [0.25, 0.3) is 0 Å². The number of ether oxygens (including phenoxy) is 2. The van der Waals surface area contributed by atoms with Gasteiger partial charge in [0.2, 0.25) is 0 Å². The van der Waals surface area contributed by atoms with Gasteiger partial charge in [0.1, 0.15) is 0 Å². The van der Waals surface area contributed by atoms with E-state index in [1.165, 1.54) is 24.8 Å². The van der Waals surface area contributed by atoms with Crippen molar-refractivity contribution in [3.63, 3.8) is 0 Å². The van der Waals surface area contributed by atoms with Gasteiger partial charge in [0.15, 0.2) is 11.5 Å². The number of methoxy groups -OCH3 is 2. The molecular formula is C16H25NO2. The summed E-state index contributed by atoms with van der Waals surface area (Å²) in [6.45, 7) is 5.65. The normalized spacial score (nSPS) is 24.2. The fraction of sp³-hybridized carbons (Fsp3) is 0.625. The first-order valence-corrected chi connectivity index (χ1v) is 7.12. The van der Waals surface area contributed by atoms with E-state index in [0.29, 0.717) is 12.1 Å². The fourth-order valence-corrected chi connectivity index (χ4v) is 2.98. The fourth-order valence-electron chi connectivity index (χ4n) is 2.98. The zero-order chi connectivity index (χ0) is 13.8. The molecule has 0 bridgehead atoms. The van der Waals surface area contributed by atoms with E-state index in [0.717, 1.165) is 18.0 Å². The summed E-state index contributed by atoms with van der Waals surface area (Å²) in [6.07, 6.45) is 3.96. The molecule has 1 heterocycles. The minimum Gasteiger partial charge on any atom is -0.493 e. The van der Waals surface area contributed by atoms with Crippen LogP contribution >= 0.6 is 0 Å². The Kier molecular flexibility index (Phi) is 4.70. The Hall–Kier alpha value is -1.22. The average Bonchev–Trinajstić information content (AvgIpc) is 2.42. The van der Waals surface area contributed by atoms with Gasteiger partial charge in [0.05, 0.1) is 14.2 Å². The number of nitrogens with zero attached hydrogens (tertiary/aromatic N) is 1. The zero-order valence-corrected chi connectivity index (χ0v) is 12.5. The molecule has 2 rings (SSSR count). The molecule has 1 aliphatic heterocycles. The molecule has 0 aromatic heterocycles. The Balaban J connectivity index is 2.13. The highest BCUT2D eigenvalue weighted by Crippen LogP contribution is 2.30. The quantitative estimate of drug-likeness (QED) is 0.830. The van der Waals surface area contributed by atoms with Gasteiger partial charge < -0.3 is 9.47 Å². The number of likely N-dealkylation sites (tertiary alicyclic amines) is 1. The maximum absolute atomic E-state index is 5.38. The molecule has 3 heteroatoms. The highest BCUT2D eigenvalue weighted by molar-refractivity contribution is 5.42. The molecule has 1 aliphatic rings. The summed E-state index contributed by atoms with van der Waals surface area (Å²) in [5.74, 6) is 1.61. The van der Waals surface area contributed by atoms with Crippen molar-refractivity contribution >= 4 is 0 Å². The molecule has 0 aliphatic carbocycles. The third kappa shape index (κ3) is 3.21. The molecule has 3 nitrogen and oxygen atoms in total. The predicted octanol–water partition coefficient (Wildman–Crippen LogP) is 3.47. The molecule has 0 N–H and O–H groups in total. The molecule has 1 aromatic rings. The zero-order valence-electron chi connectivity index (χ0n) is 12.5. The van der Waals surface area contributed by atoms with Crippen LogP contribution in [0.5, 0.6) is 11.5 Å². The molecule has 1 saturated heterocycles. The van der Waals surface area contributed by atoms with E-state index in [4.69, 9.17) is 9.47 Å². The van der Waals surface area contributed by atoms with Crippen LogP contribution in [0.3, 0.4) is 0 Å². The van der Waals surface area contributed by atoms with Crippen LogP contribution in [0.2, 0.25) is 0 Å². The summed E-state index contributed by atoms with van der Waals surface area (Å²) in [5.41, 5.74) is 1.29. The van der Waals surface area contributed by atoms with E-state index >= 15 is 0 Å². The third-order valence-corrected chi connectivity index (χ3v) is 4.19. The lowest BCUT2D eigenvalue weighted by molar-refractivity contribution is 0.0952. The van der Waals surface area contributed by atoms with Gasteiger partial charge in [-0.15, -0.1) is 0 Å². The lowest BCUT2D eigenvalue weighted by Gasteiger charge is -2.39. The number of benzene rings is 1. The summed E-state index contributed by atoms with van der Waals surface area (Å²) in [5, 5.41) is 0. The van der Waals surface area contributed by atoms with E-state index in [9.17, 15) is 0 Å². The lowest BCUT2D eigenvalue weighted by Crippen LogP contribution is -2.42. The van der Waals surface area contributed by atoms with Crippen molar-refractivity contribution in [2.24, 2.45) is 0 Å². The molecule has 1 fully saturated rings. The number of rotatable bonds is 4. The highest BCUT2D eigenvalue weighted by atomic mass is 16.5. The molecule has 1 aromatic carbocycles. The van der Waals surface area contributed by atoms with Gasteiger partial charge in [-0.2, -0.15) is 0 Å². The average molecular weight is 263 g/mol. The standard InChI is InChI=1S/C16H25NO2/c1-12-6-5-7-13(2)17(12)11-14-8-9-15(18-3)16(10-14)19-4/h8-10,12-13H,5-7,11H2,1-4H3/t12-,13-/m0/s1. The smallest absolute Gasteiger partial charge is 0.161 e. The Bertz CT molecular complexity index is 409. The van der Waals surface area contributed by atoms with Crippen LogP contribution in [0.15, 0.2) is 18.2 Å². The second-order valence-corrected chi connectivity index (χ2v) is 5.49. The summed E-state index contributed by atoms with van der Waals surface area (Å²) < 4.78 is 10.7. The van der Waals surface area contributed by atoms with Crippen molar-refractivity contribution in [1.29, 1.82) is 0 Å². The van der Waals surface area contributed by atoms with Gasteiger partial charge in [0, 0.05) is 18.6 Å². The van der Waals surface area contributed by atoms with E-state index in [-0.39, 0.29) is 0 Å². The third-order valence-electron chi connectivity index (χ3n) is 4.19. The minimum absolute atomic E-state index is 0.664. The second kappa shape index (κ2) is 6.29. The van der Waals surface area contributed by atoms with Crippen molar-refractivity contribution in [2.75, 3.05) is 14.2 Å². The predicted molar refractivity (Wildman–Crippen MR) is 77.9 cm³/mol. The molecule has 0 amide bonds. The topological polar surface area (TPSA) is 21.7 Å². The van der Waals surface area contributed by atoms with Gasteiger partial charge in [-0.05, 0) is 44.4 Å². The van der Waals surface area contributed by atoms with E-state index in [2.05, 4.69) is 30.9 Å². The van der Waals surface area contributed by atoms with Gasteiger partial charge >= 0.3 is 0 Å². The number of hydrogen-bond donors (Lipinski definition) is 0. The first-order valence-electron chi connectivity index (χ1n) is 7.12. The molecule has 106 valence electrons. The monoisotopic (exact) mass is 263 g/mol. The number of hydrogen-bond acceptors (Lipinski definition) is 3. The molecular weight excluding hydrogens is 238 g/mol. The SMILES string of the molecule is COc1ccc(CN2[C@@H](C)CCC[C@@H]2C)cc1OC. The molecule has 0 unspecified atom stereocenters.